The van der Waals surface area contributed by atoms with Crippen molar-refractivity contribution in [1.29, 1.82) is 0 Å². The van der Waals surface area contributed by atoms with Crippen LogP contribution in [-0.2, 0) is 13.0 Å². The molecule has 0 aliphatic carbocycles. The summed E-state index contributed by atoms with van der Waals surface area (Å²) in [4.78, 5) is 16.3. The van der Waals surface area contributed by atoms with E-state index >= 15 is 0 Å². The van der Waals surface area contributed by atoms with Gasteiger partial charge < -0.3 is 5.32 Å². The minimum Gasteiger partial charge on any atom is -0.382 e. The van der Waals surface area contributed by atoms with E-state index < -0.39 is 0 Å². The minimum atomic E-state index is -0.256. The summed E-state index contributed by atoms with van der Waals surface area (Å²) in [5, 5.41) is 7.47. The van der Waals surface area contributed by atoms with Gasteiger partial charge in [0.1, 0.15) is 5.02 Å². The lowest BCUT2D eigenvalue weighted by molar-refractivity contribution is 0.464. The largest absolute Gasteiger partial charge is 0.382 e. The number of hydrogen-bond donors (Lipinski definition) is 1. The quantitative estimate of drug-likeness (QED) is 0.891. The second kappa shape index (κ2) is 7.22. The van der Waals surface area contributed by atoms with Crippen LogP contribution in [0.15, 0.2) is 35.4 Å². The zero-order valence-corrected chi connectivity index (χ0v) is 13.0. The number of anilines is 1. The molecule has 6 heteroatoms. The van der Waals surface area contributed by atoms with Crippen molar-refractivity contribution >= 4 is 17.3 Å². The van der Waals surface area contributed by atoms with E-state index in [9.17, 15) is 4.79 Å². The van der Waals surface area contributed by atoms with Crippen LogP contribution in [0.4, 0.5) is 5.69 Å². The van der Waals surface area contributed by atoms with Crippen molar-refractivity contribution in [1.82, 2.24) is 14.8 Å². The summed E-state index contributed by atoms with van der Waals surface area (Å²) in [5.74, 6) is 0.342. The Labute approximate surface area is 129 Å². The highest BCUT2D eigenvalue weighted by Gasteiger charge is 2.09. The lowest BCUT2D eigenvalue weighted by atomic mass is 10.2. The van der Waals surface area contributed by atoms with E-state index in [-0.39, 0.29) is 10.6 Å². The summed E-state index contributed by atoms with van der Waals surface area (Å²) in [6, 6.07) is 5.79. The molecule has 5 nitrogen and oxygen atoms in total. The minimum absolute atomic E-state index is 0.187. The topological polar surface area (TPSA) is 59.8 Å². The lowest BCUT2D eigenvalue weighted by Gasteiger charge is -2.11. The van der Waals surface area contributed by atoms with Crippen LogP contribution in [0.2, 0.25) is 5.02 Å². The maximum absolute atomic E-state index is 12.1. The van der Waals surface area contributed by atoms with Crippen LogP contribution in [0, 0.1) is 5.92 Å². The summed E-state index contributed by atoms with van der Waals surface area (Å²) >= 11 is 6.11. The fourth-order valence-corrected chi connectivity index (χ4v) is 2.15. The van der Waals surface area contributed by atoms with Gasteiger partial charge in [0, 0.05) is 31.4 Å². The number of pyridine rings is 1. The smallest absolute Gasteiger partial charge is 0.287 e. The standard InChI is InChI=1S/C15H19ClN4O/c1-11(2)10-20-15(21)14(16)13(9-19-20)18-8-6-12-5-3-4-7-17-12/h3-5,7,9,11,18H,6,8,10H2,1-2H3. The molecule has 0 aliphatic heterocycles. The molecule has 0 spiro atoms. The molecule has 2 heterocycles. The average molecular weight is 307 g/mol. The van der Waals surface area contributed by atoms with E-state index in [1.54, 1.807) is 12.4 Å². The summed E-state index contributed by atoms with van der Waals surface area (Å²) in [7, 11) is 0. The second-order valence-electron chi connectivity index (χ2n) is 5.25. The predicted molar refractivity (Wildman–Crippen MR) is 84.8 cm³/mol. The Morgan fingerprint density at radius 3 is 2.86 bits per heavy atom. The first-order valence-electron chi connectivity index (χ1n) is 6.97. The molecule has 0 atom stereocenters. The van der Waals surface area contributed by atoms with Crippen LogP contribution in [0.1, 0.15) is 19.5 Å². The van der Waals surface area contributed by atoms with Crippen molar-refractivity contribution < 1.29 is 0 Å². The average Bonchev–Trinajstić information content (AvgIpc) is 2.47. The number of nitrogens with one attached hydrogen (secondary N) is 1. The molecular formula is C15H19ClN4O. The molecule has 2 rings (SSSR count). The SMILES string of the molecule is CC(C)Cn1ncc(NCCc2ccccn2)c(Cl)c1=O. The highest BCUT2D eigenvalue weighted by atomic mass is 35.5. The van der Waals surface area contributed by atoms with Crippen LogP contribution in [0.25, 0.3) is 0 Å². The molecule has 0 aliphatic rings. The van der Waals surface area contributed by atoms with Crippen molar-refractivity contribution in [2.75, 3.05) is 11.9 Å². The molecular weight excluding hydrogens is 288 g/mol. The number of hydrogen-bond acceptors (Lipinski definition) is 4. The molecule has 0 fully saturated rings. The van der Waals surface area contributed by atoms with E-state index in [0.29, 0.717) is 24.7 Å². The van der Waals surface area contributed by atoms with Gasteiger partial charge in [-0.25, -0.2) is 4.68 Å². The summed E-state index contributed by atoms with van der Waals surface area (Å²) in [6.07, 6.45) is 4.12. The number of halogens is 1. The van der Waals surface area contributed by atoms with Gasteiger partial charge in [-0.3, -0.25) is 9.78 Å². The third kappa shape index (κ3) is 4.29. The molecule has 0 radical (unpaired) electrons. The van der Waals surface area contributed by atoms with Gasteiger partial charge in [0.2, 0.25) is 0 Å². The highest BCUT2D eigenvalue weighted by molar-refractivity contribution is 6.32. The Morgan fingerprint density at radius 1 is 1.38 bits per heavy atom. The van der Waals surface area contributed by atoms with Gasteiger partial charge in [-0.15, -0.1) is 0 Å². The fourth-order valence-electron chi connectivity index (χ4n) is 1.94. The Balaban J connectivity index is 2.01. The van der Waals surface area contributed by atoms with E-state index in [0.717, 1.165) is 12.1 Å². The molecule has 21 heavy (non-hydrogen) atoms. The summed E-state index contributed by atoms with van der Waals surface area (Å²) in [6.45, 7) is 5.26. The molecule has 0 saturated carbocycles. The molecule has 1 N–H and O–H groups in total. The Morgan fingerprint density at radius 2 is 2.19 bits per heavy atom. The van der Waals surface area contributed by atoms with Crippen molar-refractivity contribution in [3.8, 4) is 0 Å². The number of rotatable bonds is 6. The van der Waals surface area contributed by atoms with E-state index in [2.05, 4.69) is 15.4 Å². The first-order valence-corrected chi connectivity index (χ1v) is 7.35. The highest BCUT2D eigenvalue weighted by Crippen LogP contribution is 2.15. The van der Waals surface area contributed by atoms with Crippen molar-refractivity contribution in [3.63, 3.8) is 0 Å². The Kier molecular flexibility index (Phi) is 5.33. The van der Waals surface area contributed by atoms with Crippen LogP contribution < -0.4 is 10.9 Å². The lowest BCUT2D eigenvalue weighted by Crippen LogP contribution is -2.26. The van der Waals surface area contributed by atoms with E-state index in [1.807, 2.05) is 32.0 Å². The molecule has 0 unspecified atom stereocenters. The van der Waals surface area contributed by atoms with Gasteiger partial charge in [-0.05, 0) is 18.1 Å². The maximum Gasteiger partial charge on any atom is 0.287 e. The molecule has 2 aromatic heterocycles. The zero-order chi connectivity index (χ0) is 15.2. The van der Waals surface area contributed by atoms with Gasteiger partial charge in [0.25, 0.3) is 5.56 Å². The Bertz CT molecular complexity index is 640. The van der Waals surface area contributed by atoms with E-state index in [1.165, 1.54) is 4.68 Å². The normalized spacial score (nSPS) is 10.9. The van der Waals surface area contributed by atoms with Crippen LogP contribution >= 0.6 is 11.6 Å². The molecule has 2 aromatic rings. The molecule has 112 valence electrons. The monoisotopic (exact) mass is 306 g/mol. The van der Waals surface area contributed by atoms with Crippen LogP contribution in [-0.4, -0.2) is 21.3 Å². The van der Waals surface area contributed by atoms with E-state index in [4.69, 9.17) is 11.6 Å². The van der Waals surface area contributed by atoms with Crippen molar-refractivity contribution in [2.45, 2.75) is 26.8 Å². The first-order chi connectivity index (χ1) is 10.1. The Hall–Kier alpha value is -1.88. The molecule has 0 saturated heterocycles. The van der Waals surface area contributed by atoms with Crippen LogP contribution in [0.5, 0.6) is 0 Å². The van der Waals surface area contributed by atoms with Gasteiger partial charge in [0.15, 0.2) is 0 Å². The third-order valence-corrected chi connectivity index (χ3v) is 3.31. The first kappa shape index (κ1) is 15.5. The van der Waals surface area contributed by atoms with Gasteiger partial charge in [-0.2, -0.15) is 5.10 Å². The summed E-state index contributed by atoms with van der Waals surface area (Å²) in [5.41, 5.74) is 1.30. The van der Waals surface area contributed by atoms with Gasteiger partial charge >= 0.3 is 0 Å². The molecule has 0 aromatic carbocycles. The fraction of sp³-hybridized carbons (Fsp3) is 0.400. The van der Waals surface area contributed by atoms with Crippen molar-refractivity contribution in [3.05, 3.63) is 51.7 Å². The zero-order valence-electron chi connectivity index (χ0n) is 12.2. The third-order valence-electron chi connectivity index (χ3n) is 2.95. The van der Waals surface area contributed by atoms with Gasteiger partial charge in [0.05, 0.1) is 11.9 Å². The number of nitrogens with zero attached hydrogens (tertiary/aromatic N) is 3. The maximum atomic E-state index is 12.1. The molecule has 0 bridgehead atoms. The van der Waals surface area contributed by atoms with Gasteiger partial charge in [-0.1, -0.05) is 31.5 Å². The predicted octanol–water partition coefficient (Wildman–Crippen LogP) is 2.60. The number of aromatic nitrogens is 3. The second-order valence-corrected chi connectivity index (χ2v) is 5.63. The summed E-state index contributed by atoms with van der Waals surface area (Å²) < 4.78 is 1.40. The molecule has 0 amide bonds. The van der Waals surface area contributed by atoms with Crippen molar-refractivity contribution in [2.24, 2.45) is 5.92 Å². The van der Waals surface area contributed by atoms with Crippen LogP contribution in [0.3, 0.4) is 0 Å².